The molecule has 1 saturated heterocycles. The summed E-state index contributed by atoms with van der Waals surface area (Å²) in [7, 11) is 0. The molecule has 1 heterocycles. The van der Waals surface area contributed by atoms with Crippen LogP contribution < -0.4 is 5.32 Å². The van der Waals surface area contributed by atoms with Gasteiger partial charge in [0, 0.05) is 6.54 Å². The van der Waals surface area contributed by atoms with Gasteiger partial charge >= 0.3 is 6.03 Å². The molecule has 3 aliphatic rings. The van der Waals surface area contributed by atoms with Crippen LogP contribution in [0.5, 0.6) is 0 Å². The summed E-state index contributed by atoms with van der Waals surface area (Å²) in [6, 6.07) is -0.177. The Morgan fingerprint density at radius 1 is 1.00 bits per heavy atom. The summed E-state index contributed by atoms with van der Waals surface area (Å²) >= 11 is 4.38. The molecule has 1 aliphatic heterocycles. The Bertz CT molecular complexity index is 412. The zero-order valence-corrected chi connectivity index (χ0v) is 12.9. The number of nitrogens with one attached hydrogen (secondary N) is 1. The van der Waals surface area contributed by atoms with E-state index in [1.54, 1.807) is 0 Å². The second-order valence-corrected chi connectivity index (χ2v) is 7.15. The van der Waals surface area contributed by atoms with Gasteiger partial charge in [-0.2, -0.15) is 12.6 Å². The van der Waals surface area contributed by atoms with Crippen LogP contribution in [0.25, 0.3) is 0 Å². The highest BCUT2D eigenvalue weighted by atomic mass is 32.1. The number of thiol groups is 1. The molecule has 3 amide bonds. The van der Waals surface area contributed by atoms with E-state index >= 15 is 0 Å². The minimum atomic E-state index is -0.593. The molecule has 1 spiro atoms. The molecular formula is C15H24N2O2S. The average Bonchev–Trinajstić information content (AvgIpc) is 3.14. The van der Waals surface area contributed by atoms with Gasteiger partial charge in [0.05, 0.1) is 0 Å². The lowest BCUT2D eigenvalue weighted by atomic mass is 9.84. The van der Waals surface area contributed by atoms with Gasteiger partial charge in [-0.3, -0.25) is 9.69 Å². The minimum absolute atomic E-state index is 0.0254. The number of carbonyl (C=O) groups excluding carboxylic acids is 2. The monoisotopic (exact) mass is 296 g/mol. The number of hydrogen-bond donors (Lipinski definition) is 2. The van der Waals surface area contributed by atoms with E-state index in [4.69, 9.17) is 0 Å². The Kier molecular flexibility index (Phi) is 3.73. The lowest BCUT2D eigenvalue weighted by Gasteiger charge is -2.29. The maximum atomic E-state index is 12.8. The van der Waals surface area contributed by atoms with Crippen LogP contribution in [0, 0.1) is 5.41 Å². The fourth-order valence-corrected chi connectivity index (χ4v) is 3.96. The molecule has 0 aromatic heterocycles. The Morgan fingerprint density at radius 3 is 2.15 bits per heavy atom. The van der Waals surface area contributed by atoms with E-state index in [2.05, 4.69) is 17.9 Å². The Balaban J connectivity index is 1.74. The Morgan fingerprint density at radius 2 is 1.60 bits per heavy atom. The fourth-order valence-electron chi connectivity index (χ4n) is 3.55. The lowest BCUT2D eigenvalue weighted by molar-refractivity contribution is -0.132. The molecule has 0 radical (unpaired) electrons. The summed E-state index contributed by atoms with van der Waals surface area (Å²) in [5, 5.41) is 3.02. The second kappa shape index (κ2) is 5.24. The van der Waals surface area contributed by atoms with Gasteiger partial charge in [0.2, 0.25) is 0 Å². The topological polar surface area (TPSA) is 49.4 Å². The van der Waals surface area contributed by atoms with E-state index in [9.17, 15) is 9.59 Å². The molecule has 4 nitrogen and oxygen atoms in total. The van der Waals surface area contributed by atoms with Crippen LogP contribution in [0.1, 0.15) is 57.8 Å². The highest BCUT2D eigenvalue weighted by molar-refractivity contribution is 7.80. The van der Waals surface area contributed by atoms with Gasteiger partial charge in [0.1, 0.15) is 5.54 Å². The van der Waals surface area contributed by atoms with Crippen molar-refractivity contribution in [1.29, 1.82) is 0 Å². The molecule has 1 N–H and O–H groups in total. The molecule has 20 heavy (non-hydrogen) atoms. The van der Waals surface area contributed by atoms with Gasteiger partial charge < -0.3 is 5.32 Å². The number of amides is 3. The molecule has 0 bridgehead atoms. The van der Waals surface area contributed by atoms with Gasteiger partial charge in [-0.25, -0.2) is 4.79 Å². The molecule has 3 fully saturated rings. The first kappa shape index (κ1) is 14.2. The van der Waals surface area contributed by atoms with E-state index in [-0.39, 0.29) is 17.4 Å². The largest absolute Gasteiger partial charge is 0.325 e. The molecule has 0 unspecified atom stereocenters. The summed E-state index contributed by atoms with van der Waals surface area (Å²) in [5.41, 5.74) is -0.493. The van der Waals surface area contributed by atoms with Crippen molar-refractivity contribution in [3.8, 4) is 0 Å². The molecule has 2 aliphatic carbocycles. The van der Waals surface area contributed by atoms with E-state index < -0.39 is 5.54 Å². The maximum absolute atomic E-state index is 12.8. The van der Waals surface area contributed by atoms with Crippen molar-refractivity contribution in [3.05, 3.63) is 0 Å². The van der Waals surface area contributed by atoms with Crippen molar-refractivity contribution in [2.75, 3.05) is 12.3 Å². The van der Waals surface area contributed by atoms with Crippen molar-refractivity contribution >= 4 is 24.6 Å². The van der Waals surface area contributed by atoms with Crippen LogP contribution in [0.4, 0.5) is 4.79 Å². The quantitative estimate of drug-likeness (QED) is 0.621. The number of urea groups is 1. The summed E-state index contributed by atoms with van der Waals surface area (Å²) < 4.78 is 0. The fraction of sp³-hybridized carbons (Fsp3) is 0.867. The third-order valence-electron chi connectivity index (χ3n) is 5.24. The SMILES string of the molecule is O=C1NC2(CCCCCCC2)C(=O)N1CC1(CS)CC1. The van der Waals surface area contributed by atoms with Gasteiger partial charge in [0.15, 0.2) is 0 Å². The highest BCUT2D eigenvalue weighted by Crippen LogP contribution is 2.48. The van der Waals surface area contributed by atoms with Crippen LogP contribution in [0.15, 0.2) is 0 Å². The first-order valence-corrected chi connectivity index (χ1v) is 8.49. The number of imide groups is 1. The van der Waals surface area contributed by atoms with E-state index in [1.165, 1.54) is 24.2 Å². The van der Waals surface area contributed by atoms with E-state index in [1.807, 2.05) is 0 Å². The predicted octanol–water partition coefficient (Wildman–Crippen LogP) is 2.73. The average molecular weight is 296 g/mol. The lowest BCUT2D eigenvalue weighted by Crippen LogP contribution is -2.47. The molecular weight excluding hydrogens is 272 g/mol. The standard InChI is InChI=1S/C15H24N2O2S/c18-12-15(6-4-2-1-3-5-7-15)16-13(19)17(12)10-14(11-20)8-9-14/h20H,1-11H2,(H,16,19). The maximum Gasteiger partial charge on any atom is 0.325 e. The van der Waals surface area contributed by atoms with Crippen molar-refractivity contribution in [2.45, 2.75) is 63.3 Å². The van der Waals surface area contributed by atoms with Crippen molar-refractivity contribution in [3.63, 3.8) is 0 Å². The molecule has 0 aromatic carbocycles. The van der Waals surface area contributed by atoms with Gasteiger partial charge in [0.25, 0.3) is 5.91 Å². The zero-order chi connectivity index (χ0) is 14.2. The van der Waals surface area contributed by atoms with Crippen molar-refractivity contribution in [1.82, 2.24) is 10.2 Å². The third kappa shape index (κ3) is 2.45. The van der Waals surface area contributed by atoms with Crippen molar-refractivity contribution in [2.24, 2.45) is 5.41 Å². The summed E-state index contributed by atoms with van der Waals surface area (Å²) in [4.78, 5) is 26.5. The number of hydrogen-bond acceptors (Lipinski definition) is 3. The Hall–Kier alpha value is -0.710. The van der Waals surface area contributed by atoms with Crippen LogP contribution in [0.2, 0.25) is 0 Å². The molecule has 2 saturated carbocycles. The number of nitrogens with zero attached hydrogens (tertiary/aromatic N) is 1. The van der Waals surface area contributed by atoms with Crippen LogP contribution in [-0.4, -0.2) is 34.7 Å². The minimum Gasteiger partial charge on any atom is -0.323 e. The third-order valence-corrected chi connectivity index (χ3v) is 5.91. The number of carbonyl (C=O) groups is 2. The summed E-state index contributed by atoms with van der Waals surface area (Å²) in [5.74, 6) is 0.786. The molecule has 0 aromatic rings. The highest BCUT2D eigenvalue weighted by Gasteiger charge is 2.54. The summed E-state index contributed by atoms with van der Waals surface area (Å²) in [6.45, 7) is 0.558. The van der Waals surface area contributed by atoms with Crippen LogP contribution in [-0.2, 0) is 4.79 Å². The normalized spacial score (nSPS) is 28.1. The van der Waals surface area contributed by atoms with Gasteiger partial charge in [-0.05, 0) is 36.9 Å². The van der Waals surface area contributed by atoms with Gasteiger partial charge in [-0.15, -0.1) is 0 Å². The molecule has 5 heteroatoms. The van der Waals surface area contributed by atoms with Crippen molar-refractivity contribution < 1.29 is 9.59 Å². The predicted molar refractivity (Wildman–Crippen MR) is 80.8 cm³/mol. The first-order chi connectivity index (χ1) is 9.61. The van der Waals surface area contributed by atoms with E-state index in [0.717, 1.165) is 44.3 Å². The zero-order valence-electron chi connectivity index (χ0n) is 12.0. The number of rotatable bonds is 3. The first-order valence-electron chi connectivity index (χ1n) is 7.86. The smallest absolute Gasteiger partial charge is 0.323 e. The molecule has 112 valence electrons. The van der Waals surface area contributed by atoms with E-state index in [0.29, 0.717) is 6.54 Å². The van der Waals surface area contributed by atoms with Crippen LogP contribution in [0.3, 0.4) is 0 Å². The van der Waals surface area contributed by atoms with Gasteiger partial charge in [-0.1, -0.05) is 32.1 Å². The van der Waals surface area contributed by atoms with Crippen LogP contribution >= 0.6 is 12.6 Å². The molecule has 3 rings (SSSR count). The second-order valence-electron chi connectivity index (χ2n) is 6.83. The molecule has 0 atom stereocenters. The summed E-state index contributed by atoms with van der Waals surface area (Å²) in [6.07, 6.45) is 9.46. The Labute approximate surface area is 126 Å².